The fourth-order valence-electron chi connectivity index (χ4n) is 2.43. The molecule has 0 aromatic carbocycles. The van der Waals surface area contributed by atoms with Crippen molar-refractivity contribution in [1.82, 2.24) is 4.98 Å². The van der Waals surface area contributed by atoms with Crippen LogP contribution in [-0.4, -0.2) is 33.1 Å². The van der Waals surface area contributed by atoms with Crippen LogP contribution in [0.25, 0.3) is 0 Å². The first-order valence-corrected chi connectivity index (χ1v) is 5.98. The van der Waals surface area contributed by atoms with Crippen molar-refractivity contribution >= 4 is 17.5 Å². The summed E-state index contributed by atoms with van der Waals surface area (Å²) in [5.41, 5.74) is -0.565. The van der Waals surface area contributed by atoms with Crippen LogP contribution in [0.2, 0.25) is 0 Å². The minimum Gasteiger partial charge on any atom is -0.480 e. The molecule has 7 nitrogen and oxygen atoms in total. The lowest BCUT2D eigenvalue weighted by Crippen LogP contribution is -2.48. The molecule has 1 saturated heterocycles. The van der Waals surface area contributed by atoms with E-state index >= 15 is 0 Å². The van der Waals surface area contributed by atoms with Gasteiger partial charge >= 0.3 is 5.97 Å². The molecular formula is C12H15N3O4. The molecule has 102 valence electrons. The molecule has 1 atom stereocenters. The lowest BCUT2D eigenvalue weighted by Gasteiger charge is -2.32. The Balaban J connectivity index is 2.40. The van der Waals surface area contributed by atoms with Gasteiger partial charge in [0.2, 0.25) is 0 Å². The highest BCUT2D eigenvalue weighted by molar-refractivity contribution is 5.83. The van der Waals surface area contributed by atoms with Gasteiger partial charge in [-0.1, -0.05) is 0 Å². The van der Waals surface area contributed by atoms with Gasteiger partial charge in [0, 0.05) is 12.1 Å². The minimum atomic E-state index is -0.991. The number of aryl methyl sites for hydroxylation is 1. The van der Waals surface area contributed by atoms with Crippen LogP contribution in [0.3, 0.4) is 0 Å². The maximum absolute atomic E-state index is 11.4. The van der Waals surface area contributed by atoms with Gasteiger partial charge in [-0.3, -0.25) is 10.1 Å². The monoisotopic (exact) mass is 265 g/mol. The first-order valence-electron chi connectivity index (χ1n) is 5.98. The molecule has 2 heterocycles. The maximum Gasteiger partial charge on any atom is 0.329 e. The number of pyridine rings is 1. The number of nitrogens with zero attached hydrogens (tertiary/aromatic N) is 3. The average molecular weight is 265 g/mol. The summed E-state index contributed by atoms with van der Waals surface area (Å²) in [5, 5.41) is 20.1. The van der Waals surface area contributed by atoms with Crippen molar-refractivity contribution in [3.63, 3.8) is 0 Å². The summed E-state index contributed by atoms with van der Waals surface area (Å²) in [6.07, 6.45) is 2.49. The molecule has 7 heteroatoms. The Morgan fingerprint density at radius 3 is 2.84 bits per heavy atom. The van der Waals surface area contributed by atoms with Gasteiger partial charge in [-0.05, 0) is 32.8 Å². The molecule has 0 spiro atoms. The number of carboxylic acids is 1. The number of aliphatic carboxylic acids is 1. The highest BCUT2D eigenvalue weighted by atomic mass is 16.6. The number of carboxylic acid groups (broad SMARTS) is 1. The van der Waals surface area contributed by atoms with Gasteiger partial charge in [-0.2, -0.15) is 0 Å². The molecule has 2 rings (SSSR count). The summed E-state index contributed by atoms with van der Waals surface area (Å²) in [4.78, 5) is 27.4. The van der Waals surface area contributed by atoms with Crippen molar-refractivity contribution < 1.29 is 14.8 Å². The number of carbonyl (C=O) groups is 1. The third kappa shape index (κ3) is 2.11. The second kappa shape index (κ2) is 4.49. The van der Waals surface area contributed by atoms with E-state index in [1.807, 2.05) is 0 Å². The zero-order chi connectivity index (χ0) is 14.2. The quantitative estimate of drug-likeness (QED) is 0.660. The molecule has 0 amide bonds. The van der Waals surface area contributed by atoms with Crippen molar-refractivity contribution in [2.24, 2.45) is 0 Å². The predicted octanol–water partition coefficient (Wildman–Crippen LogP) is 1.74. The molecule has 0 aliphatic carbocycles. The Labute approximate surface area is 110 Å². The number of hydrogen-bond acceptors (Lipinski definition) is 5. The minimum absolute atomic E-state index is 0.0556. The smallest absolute Gasteiger partial charge is 0.329 e. The van der Waals surface area contributed by atoms with Crippen molar-refractivity contribution in [3.05, 3.63) is 27.9 Å². The third-order valence-electron chi connectivity index (χ3n) is 3.64. The molecule has 1 aromatic rings. The zero-order valence-electron chi connectivity index (χ0n) is 10.8. The molecule has 1 aliphatic heterocycles. The van der Waals surface area contributed by atoms with E-state index in [0.717, 1.165) is 6.42 Å². The van der Waals surface area contributed by atoms with E-state index in [4.69, 9.17) is 0 Å². The second-order valence-electron chi connectivity index (χ2n) is 4.92. The van der Waals surface area contributed by atoms with Crippen LogP contribution in [0.1, 0.15) is 25.3 Å². The molecule has 1 unspecified atom stereocenters. The van der Waals surface area contributed by atoms with Crippen LogP contribution in [0.4, 0.5) is 11.5 Å². The predicted molar refractivity (Wildman–Crippen MR) is 68.2 cm³/mol. The summed E-state index contributed by atoms with van der Waals surface area (Å²) in [7, 11) is 0. The molecular weight excluding hydrogens is 250 g/mol. The Kier molecular flexibility index (Phi) is 3.13. The summed E-state index contributed by atoms with van der Waals surface area (Å²) in [6, 6.07) is 1.57. The largest absolute Gasteiger partial charge is 0.480 e. The standard InChI is InChI=1S/C12H15N3O4/c1-8-6-10(13-7-9(8)15(18)19)14-5-3-4-12(14,2)11(16)17/h6-7H,3-5H2,1-2H3,(H,16,17). The van der Waals surface area contributed by atoms with Gasteiger partial charge in [0.15, 0.2) is 0 Å². The van der Waals surface area contributed by atoms with Gasteiger partial charge < -0.3 is 10.0 Å². The average Bonchev–Trinajstić information content (AvgIpc) is 2.72. The van der Waals surface area contributed by atoms with Gasteiger partial charge in [-0.25, -0.2) is 9.78 Å². The van der Waals surface area contributed by atoms with Crippen LogP contribution in [0.5, 0.6) is 0 Å². The normalized spacial score (nSPS) is 22.5. The summed E-state index contributed by atoms with van der Waals surface area (Å²) in [5.74, 6) is -0.423. The van der Waals surface area contributed by atoms with Gasteiger partial charge in [-0.15, -0.1) is 0 Å². The molecule has 1 N–H and O–H groups in total. The Hall–Kier alpha value is -2.18. The van der Waals surface area contributed by atoms with Crippen molar-refractivity contribution in [3.8, 4) is 0 Å². The van der Waals surface area contributed by atoms with Crippen LogP contribution >= 0.6 is 0 Å². The molecule has 0 bridgehead atoms. The fraction of sp³-hybridized carbons (Fsp3) is 0.500. The molecule has 1 aliphatic rings. The number of hydrogen-bond donors (Lipinski definition) is 1. The Bertz CT molecular complexity index is 546. The topological polar surface area (TPSA) is 96.6 Å². The van der Waals surface area contributed by atoms with E-state index in [-0.39, 0.29) is 5.69 Å². The SMILES string of the molecule is Cc1cc(N2CCCC2(C)C(=O)O)ncc1[N+](=O)[O-]. The van der Waals surface area contributed by atoms with E-state index in [1.54, 1.807) is 24.8 Å². The summed E-state index contributed by atoms with van der Waals surface area (Å²) >= 11 is 0. The Morgan fingerprint density at radius 1 is 1.63 bits per heavy atom. The lowest BCUT2D eigenvalue weighted by atomic mass is 9.99. The number of nitro groups is 1. The maximum atomic E-state index is 11.4. The van der Waals surface area contributed by atoms with Gasteiger partial charge in [0.05, 0.1) is 4.92 Å². The van der Waals surface area contributed by atoms with Crippen LogP contribution in [0, 0.1) is 17.0 Å². The van der Waals surface area contributed by atoms with Crippen molar-refractivity contribution in [2.45, 2.75) is 32.2 Å². The van der Waals surface area contributed by atoms with Gasteiger partial charge in [0.25, 0.3) is 5.69 Å². The van der Waals surface area contributed by atoms with Crippen LogP contribution < -0.4 is 4.90 Å². The van der Waals surface area contributed by atoms with E-state index < -0.39 is 16.4 Å². The highest BCUT2D eigenvalue weighted by Gasteiger charge is 2.44. The van der Waals surface area contributed by atoms with E-state index in [1.165, 1.54) is 6.20 Å². The Morgan fingerprint density at radius 2 is 2.32 bits per heavy atom. The molecule has 0 radical (unpaired) electrons. The van der Waals surface area contributed by atoms with E-state index in [2.05, 4.69) is 4.98 Å². The van der Waals surface area contributed by atoms with Crippen molar-refractivity contribution in [1.29, 1.82) is 0 Å². The van der Waals surface area contributed by atoms with Crippen LogP contribution in [0.15, 0.2) is 12.3 Å². The fourth-order valence-corrected chi connectivity index (χ4v) is 2.43. The number of rotatable bonds is 3. The first-order chi connectivity index (χ1) is 8.86. The van der Waals surface area contributed by atoms with Crippen LogP contribution in [-0.2, 0) is 4.79 Å². The molecule has 0 saturated carbocycles. The van der Waals surface area contributed by atoms with Crippen molar-refractivity contribution in [2.75, 3.05) is 11.4 Å². The molecule has 1 aromatic heterocycles. The summed E-state index contributed by atoms with van der Waals surface area (Å²) in [6.45, 7) is 3.87. The second-order valence-corrected chi connectivity index (χ2v) is 4.92. The third-order valence-corrected chi connectivity index (χ3v) is 3.64. The number of aromatic nitrogens is 1. The lowest BCUT2D eigenvalue weighted by molar-refractivity contribution is -0.385. The first kappa shape index (κ1) is 13.3. The molecule has 1 fully saturated rings. The molecule has 19 heavy (non-hydrogen) atoms. The van der Waals surface area contributed by atoms with E-state index in [0.29, 0.717) is 24.3 Å². The number of anilines is 1. The summed E-state index contributed by atoms with van der Waals surface area (Å²) < 4.78 is 0. The zero-order valence-corrected chi connectivity index (χ0v) is 10.8. The highest BCUT2D eigenvalue weighted by Crippen LogP contribution is 2.34. The van der Waals surface area contributed by atoms with E-state index in [9.17, 15) is 20.0 Å². The van der Waals surface area contributed by atoms with Gasteiger partial charge in [0.1, 0.15) is 17.6 Å².